The highest BCUT2D eigenvalue weighted by molar-refractivity contribution is 5.95. The molecule has 2 unspecified atom stereocenters. The number of nitrogens with zero attached hydrogens (tertiary/aromatic N) is 1. The van der Waals surface area contributed by atoms with Gasteiger partial charge >= 0.3 is 0 Å². The molecule has 0 spiro atoms. The first kappa shape index (κ1) is 12.2. The van der Waals surface area contributed by atoms with Crippen LogP contribution in [0.3, 0.4) is 0 Å². The van der Waals surface area contributed by atoms with Crippen molar-refractivity contribution in [1.82, 2.24) is 15.5 Å². The number of H-pyrrole nitrogens is 1. The minimum atomic E-state index is 0.108. The minimum absolute atomic E-state index is 0.108. The van der Waals surface area contributed by atoms with Gasteiger partial charge in [-0.25, -0.2) is 0 Å². The van der Waals surface area contributed by atoms with E-state index in [9.17, 15) is 4.79 Å². The summed E-state index contributed by atoms with van der Waals surface area (Å²) in [5.41, 5.74) is 1.82. The van der Waals surface area contributed by atoms with Crippen molar-refractivity contribution in [3.63, 3.8) is 0 Å². The summed E-state index contributed by atoms with van der Waals surface area (Å²) in [6.45, 7) is 3.04. The number of nitrogens with one attached hydrogen (secondary N) is 3. The molecule has 1 aliphatic heterocycles. The third kappa shape index (κ3) is 2.61. The fourth-order valence-electron chi connectivity index (χ4n) is 2.63. The van der Waals surface area contributed by atoms with E-state index < -0.39 is 0 Å². The van der Waals surface area contributed by atoms with E-state index in [1.165, 1.54) is 0 Å². The van der Waals surface area contributed by atoms with Crippen molar-refractivity contribution >= 4 is 22.5 Å². The van der Waals surface area contributed by atoms with Gasteiger partial charge in [0.05, 0.1) is 11.7 Å². The van der Waals surface area contributed by atoms with Crippen molar-refractivity contribution in [3.8, 4) is 0 Å². The zero-order valence-corrected chi connectivity index (χ0v) is 10.9. The summed E-state index contributed by atoms with van der Waals surface area (Å²) in [5, 5.41) is 14.2. The topological polar surface area (TPSA) is 69.8 Å². The number of anilines is 1. The van der Waals surface area contributed by atoms with Crippen molar-refractivity contribution in [2.75, 3.05) is 11.9 Å². The molecular weight excluding hydrogens is 240 g/mol. The largest absolute Gasteiger partial charge is 0.326 e. The summed E-state index contributed by atoms with van der Waals surface area (Å²) in [7, 11) is 0. The number of carbonyl (C=O) groups excluding carboxylic acids is 1. The van der Waals surface area contributed by atoms with E-state index >= 15 is 0 Å². The van der Waals surface area contributed by atoms with E-state index in [0.717, 1.165) is 36.0 Å². The lowest BCUT2D eigenvalue weighted by Gasteiger charge is -2.27. The van der Waals surface area contributed by atoms with Crippen LogP contribution in [-0.4, -0.2) is 28.7 Å². The van der Waals surface area contributed by atoms with Gasteiger partial charge in [0.1, 0.15) is 0 Å². The van der Waals surface area contributed by atoms with Crippen LogP contribution in [0.4, 0.5) is 5.69 Å². The predicted molar refractivity (Wildman–Crippen MR) is 74.9 cm³/mol. The highest BCUT2D eigenvalue weighted by atomic mass is 16.1. The highest BCUT2D eigenvalue weighted by Gasteiger charge is 2.24. The summed E-state index contributed by atoms with van der Waals surface area (Å²) in [5.74, 6) is 0.229. The maximum Gasteiger partial charge on any atom is 0.227 e. The molecule has 0 aliphatic carbocycles. The molecule has 2 aromatic rings. The monoisotopic (exact) mass is 258 g/mol. The molecule has 1 saturated heterocycles. The molecule has 1 amide bonds. The number of rotatable bonds is 2. The number of aromatic nitrogens is 2. The van der Waals surface area contributed by atoms with Gasteiger partial charge in [0, 0.05) is 23.0 Å². The molecule has 5 nitrogen and oxygen atoms in total. The Morgan fingerprint density at radius 2 is 2.37 bits per heavy atom. The molecule has 100 valence electrons. The molecule has 2 heterocycles. The standard InChI is InChI=1S/C14H18N4O/c1-9-6-10(4-5-15-9)14(19)17-12-2-3-13-11(7-12)8-16-18-13/h2-3,7-10,15H,4-6H2,1H3,(H,16,18)(H,17,19). The number of aromatic amines is 1. The SMILES string of the molecule is CC1CC(C(=O)Nc2ccc3[nH]ncc3c2)CCN1. The Bertz CT molecular complexity index is 592. The van der Waals surface area contributed by atoms with Crippen molar-refractivity contribution < 1.29 is 4.79 Å². The fraction of sp³-hybridized carbons (Fsp3) is 0.429. The minimum Gasteiger partial charge on any atom is -0.326 e. The zero-order chi connectivity index (χ0) is 13.2. The number of benzene rings is 1. The molecule has 5 heteroatoms. The molecular formula is C14H18N4O. The van der Waals surface area contributed by atoms with Gasteiger partial charge in [0.15, 0.2) is 0 Å². The van der Waals surface area contributed by atoms with Crippen LogP contribution in [0.5, 0.6) is 0 Å². The Morgan fingerprint density at radius 1 is 1.47 bits per heavy atom. The quantitative estimate of drug-likeness (QED) is 0.770. The first-order valence-electron chi connectivity index (χ1n) is 6.70. The number of hydrogen-bond donors (Lipinski definition) is 3. The summed E-state index contributed by atoms with van der Waals surface area (Å²) in [6, 6.07) is 6.20. The third-order valence-electron chi connectivity index (χ3n) is 3.70. The van der Waals surface area contributed by atoms with Crippen LogP contribution in [0.1, 0.15) is 19.8 Å². The van der Waals surface area contributed by atoms with Gasteiger partial charge in [-0.05, 0) is 44.5 Å². The average molecular weight is 258 g/mol. The molecule has 1 fully saturated rings. The van der Waals surface area contributed by atoms with Crippen molar-refractivity contribution in [2.24, 2.45) is 5.92 Å². The Morgan fingerprint density at radius 3 is 3.21 bits per heavy atom. The van der Waals surface area contributed by atoms with E-state index in [-0.39, 0.29) is 11.8 Å². The van der Waals surface area contributed by atoms with Gasteiger partial charge in [0.25, 0.3) is 0 Å². The second-order valence-corrected chi connectivity index (χ2v) is 5.24. The van der Waals surface area contributed by atoms with Gasteiger partial charge in [-0.1, -0.05) is 0 Å². The van der Waals surface area contributed by atoms with Crippen LogP contribution >= 0.6 is 0 Å². The lowest BCUT2D eigenvalue weighted by Crippen LogP contribution is -2.40. The van der Waals surface area contributed by atoms with Crippen LogP contribution in [-0.2, 0) is 4.79 Å². The maximum absolute atomic E-state index is 12.2. The Kier molecular flexibility index (Phi) is 3.21. The van der Waals surface area contributed by atoms with E-state index in [1.807, 2.05) is 18.2 Å². The van der Waals surface area contributed by atoms with Gasteiger partial charge < -0.3 is 10.6 Å². The fourth-order valence-corrected chi connectivity index (χ4v) is 2.63. The predicted octanol–water partition coefficient (Wildman–Crippen LogP) is 1.89. The second-order valence-electron chi connectivity index (χ2n) is 5.24. The number of piperidine rings is 1. The maximum atomic E-state index is 12.2. The molecule has 0 radical (unpaired) electrons. The van der Waals surface area contributed by atoms with E-state index in [1.54, 1.807) is 6.20 Å². The summed E-state index contributed by atoms with van der Waals surface area (Å²) < 4.78 is 0. The molecule has 0 saturated carbocycles. The first-order chi connectivity index (χ1) is 9.22. The molecule has 1 aromatic heterocycles. The number of fused-ring (bicyclic) bond motifs is 1. The zero-order valence-electron chi connectivity index (χ0n) is 10.9. The lowest BCUT2D eigenvalue weighted by atomic mass is 9.92. The van der Waals surface area contributed by atoms with Crippen molar-refractivity contribution in [3.05, 3.63) is 24.4 Å². The normalized spacial score (nSPS) is 23.4. The van der Waals surface area contributed by atoms with Crippen molar-refractivity contribution in [1.29, 1.82) is 0 Å². The van der Waals surface area contributed by atoms with Crippen LogP contribution in [0.25, 0.3) is 10.9 Å². The van der Waals surface area contributed by atoms with Crippen LogP contribution in [0.2, 0.25) is 0 Å². The summed E-state index contributed by atoms with van der Waals surface area (Å²) in [6.07, 6.45) is 3.57. The Hall–Kier alpha value is -1.88. The average Bonchev–Trinajstić information content (AvgIpc) is 2.86. The van der Waals surface area contributed by atoms with Gasteiger partial charge in [-0.2, -0.15) is 5.10 Å². The molecule has 0 bridgehead atoms. The smallest absolute Gasteiger partial charge is 0.227 e. The third-order valence-corrected chi connectivity index (χ3v) is 3.70. The molecule has 3 N–H and O–H groups in total. The molecule has 3 rings (SSSR count). The van der Waals surface area contributed by atoms with E-state index in [2.05, 4.69) is 27.8 Å². The summed E-state index contributed by atoms with van der Waals surface area (Å²) >= 11 is 0. The lowest BCUT2D eigenvalue weighted by molar-refractivity contribution is -0.120. The Balaban J connectivity index is 1.71. The first-order valence-corrected chi connectivity index (χ1v) is 6.70. The Labute approximate surface area is 111 Å². The van der Waals surface area contributed by atoms with Gasteiger partial charge in [-0.15, -0.1) is 0 Å². The molecule has 1 aliphatic rings. The number of hydrogen-bond acceptors (Lipinski definition) is 3. The van der Waals surface area contributed by atoms with Crippen LogP contribution in [0.15, 0.2) is 24.4 Å². The van der Waals surface area contributed by atoms with E-state index in [0.29, 0.717) is 6.04 Å². The molecule has 1 aromatic carbocycles. The van der Waals surface area contributed by atoms with Crippen molar-refractivity contribution in [2.45, 2.75) is 25.8 Å². The second kappa shape index (κ2) is 5.01. The summed E-state index contributed by atoms with van der Waals surface area (Å²) in [4.78, 5) is 12.2. The highest BCUT2D eigenvalue weighted by Crippen LogP contribution is 2.21. The molecule has 19 heavy (non-hydrogen) atoms. The van der Waals surface area contributed by atoms with Crippen LogP contribution in [0, 0.1) is 5.92 Å². The van der Waals surface area contributed by atoms with E-state index in [4.69, 9.17) is 0 Å². The number of carbonyl (C=O) groups is 1. The van der Waals surface area contributed by atoms with Gasteiger partial charge in [0.2, 0.25) is 5.91 Å². The van der Waals surface area contributed by atoms with Crippen LogP contribution < -0.4 is 10.6 Å². The number of amides is 1. The molecule has 2 atom stereocenters. The van der Waals surface area contributed by atoms with Gasteiger partial charge in [-0.3, -0.25) is 9.89 Å².